The second-order valence-electron chi connectivity index (χ2n) is 5.15. The number of phenols is 1. The van der Waals surface area contributed by atoms with E-state index in [1.807, 2.05) is 13.8 Å². The van der Waals surface area contributed by atoms with Crippen LogP contribution in [0.2, 0.25) is 5.02 Å². The fraction of sp³-hybridized carbons (Fsp3) is 0.222. The Kier molecular flexibility index (Phi) is 6.65. The third-order valence-corrected chi connectivity index (χ3v) is 3.61. The number of nitrogens with one attached hydrogen (secondary N) is 1. The molecule has 0 aromatic heterocycles. The third kappa shape index (κ3) is 5.69. The molecule has 0 aliphatic heterocycles. The lowest BCUT2D eigenvalue weighted by Crippen LogP contribution is -2.24. The molecule has 0 aliphatic rings. The summed E-state index contributed by atoms with van der Waals surface area (Å²) in [6.07, 6.45) is 1.45. The number of aromatic hydroxyl groups is 1. The van der Waals surface area contributed by atoms with Crippen LogP contribution in [0.5, 0.6) is 17.2 Å². The first-order valence-electron chi connectivity index (χ1n) is 7.66. The molecule has 0 spiro atoms. The summed E-state index contributed by atoms with van der Waals surface area (Å²) in [7, 11) is 0. The standard InChI is InChI=1S/C18H19ClN2O4/c1-3-24-17-9-13(4-7-16(17)22)10-20-21-18(23)11-25-14-5-6-15(19)12(2)8-14/h4-10,22H,3,11H2,1-2H3,(H,21,23). The van der Waals surface area contributed by atoms with Crippen LogP contribution in [0, 0.1) is 6.92 Å². The SMILES string of the molecule is CCOc1cc(C=NNC(=O)COc2ccc(Cl)c(C)c2)ccc1O. The van der Waals surface area contributed by atoms with E-state index >= 15 is 0 Å². The number of rotatable bonds is 7. The highest BCUT2D eigenvalue weighted by atomic mass is 35.5. The molecule has 0 saturated carbocycles. The smallest absolute Gasteiger partial charge is 0.277 e. The van der Waals surface area contributed by atoms with E-state index in [-0.39, 0.29) is 12.4 Å². The van der Waals surface area contributed by atoms with Gasteiger partial charge in [0.2, 0.25) is 0 Å². The molecule has 0 fully saturated rings. The minimum absolute atomic E-state index is 0.0506. The second-order valence-corrected chi connectivity index (χ2v) is 5.56. The highest BCUT2D eigenvalue weighted by molar-refractivity contribution is 6.31. The molecular formula is C18H19ClN2O4. The molecule has 7 heteroatoms. The molecule has 132 valence electrons. The summed E-state index contributed by atoms with van der Waals surface area (Å²) in [6, 6.07) is 9.94. The number of carbonyl (C=O) groups excluding carboxylic acids is 1. The second kappa shape index (κ2) is 8.94. The molecule has 2 N–H and O–H groups in total. The Labute approximate surface area is 151 Å². The molecule has 0 bridgehead atoms. The van der Waals surface area contributed by atoms with Crippen LogP contribution >= 0.6 is 11.6 Å². The first kappa shape index (κ1) is 18.6. The zero-order valence-electron chi connectivity index (χ0n) is 14.0. The van der Waals surface area contributed by atoms with Gasteiger partial charge in [0.1, 0.15) is 5.75 Å². The Balaban J connectivity index is 1.85. The van der Waals surface area contributed by atoms with Crippen molar-refractivity contribution in [1.29, 1.82) is 0 Å². The van der Waals surface area contributed by atoms with Gasteiger partial charge in [0.05, 0.1) is 12.8 Å². The summed E-state index contributed by atoms with van der Waals surface area (Å²) >= 11 is 5.93. The molecule has 1 amide bonds. The molecule has 0 atom stereocenters. The van der Waals surface area contributed by atoms with Gasteiger partial charge < -0.3 is 14.6 Å². The lowest BCUT2D eigenvalue weighted by atomic mass is 10.2. The fourth-order valence-electron chi connectivity index (χ4n) is 1.95. The molecule has 0 radical (unpaired) electrons. The van der Waals surface area contributed by atoms with Crippen molar-refractivity contribution in [3.8, 4) is 17.2 Å². The summed E-state index contributed by atoms with van der Waals surface area (Å²) in [6.45, 7) is 3.95. The molecule has 0 aliphatic carbocycles. The zero-order valence-corrected chi connectivity index (χ0v) is 14.7. The Hall–Kier alpha value is -2.73. The number of hydrogen-bond donors (Lipinski definition) is 2. The van der Waals surface area contributed by atoms with E-state index in [1.54, 1.807) is 30.3 Å². The predicted octanol–water partition coefficient (Wildman–Crippen LogP) is 3.28. The van der Waals surface area contributed by atoms with Gasteiger partial charge in [-0.2, -0.15) is 5.10 Å². The highest BCUT2D eigenvalue weighted by Gasteiger charge is 2.04. The molecule has 0 heterocycles. The monoisotopic (exact) mass is 362 g/mol. The number of aryl methyl sites for hydroxylation is 1. The van der Waals surface area contributed by atoms with Crippen molar-refractivity contribution in [3.05, 3.63) is 52.5 Å². The first-order valence-corrected chi connectivity index (χ1v) is 8.04. The van der Waals surface area contributed by atoms with Crippen LogP contribution < -0.4 is 14.9 Å². The van der Waals surface area contributed by atoms with Crippen molar-refractivity contribution in [2.75, 3.05) is 13.2 Å². The number of benzene rings is 2. The predicted molar refractivity (Wildman–Crippen MR) is 96.7 cm³/mol. The molecule has 2 rings (SSSR count). The van der Waals surface area contributed by atoms with E-state index in [0.717, 1.165) is 5.56 Å². The minimum Gasteiger partial charge on any atom is -0.504 e. The highest BCUT2D eigenvalue weighted by Crippen LogP contribution is 2.26. The Morgan fingerprint density at radius 1 is 1.28 bits per heavy atom. The lowest BCUT2D eigenvalue weighted by molar-refractivity contribution is -0.123. The maximum atomic E-state index is 11.7. The van der Waals surface area contributed by atoms with Gasteiger partial charge >= 0.3 is 0 Å². The molecule has 25 heavy (non-hydrogen) atoms. The topological polar surface area (TPSA) is 80.2 Å². The summed E-state index contributed by atoms with van der Waals surface area (Å²) < 4.78 is 10.7. The molecule has 6 nitrogen and oxygen atoms in total. The van der Waals surface area contributed by atoms with Gasteiger partial charge in [-0.3, -0.25) is 4.79 Å². The zero-order chi connectivity index (χ0) is 18.2. The summed E-state index contributed by atoms with van der Waals surface area (Å²) in [5.74, 6) is 0.572. The van der Waals surface area contributed by atoms with Gasteiger partial charge in [-0.1, -0.05) is 11.6 Å². The van der Waals surface area contributed by atoms with Crippen LogP contribution in [0.15, 0.2) is 41.5 Å². The van der Waals surface area contributed by atoms with Crippen LogP contribution in [-0.4, -0.2) is 30.4 Å². The largest absolute Gasteiger partial charge is 0.504 e. The summed E-state index contributed by atoms with van der Waals surface area (Å²) in [4.78, 5) is 11.7. The number of hydrogen-bond acceptors (Lipinski definition) is 5. The van der Waals surface area contributed by atoms with Crippen LogP contribution in [-0.2, 0) is 4.79 Å². The number of amides is 1. The number of nitrogens with zero attached hydrogens (tertiary/aromatic N) is 1. The summed E-state index contributed by atoms with van der Waals surface area (Å²) in [5, 5.41) is 14.1. The average Bonchev–Trinajstić information content (AvgIpc) is 2.59. The first-order chi connectivity index (χ1) is 12.0. The number of ether oxygens (including phenoxy) is 2. The van der Waals surface area contributed by atoms with E-state index in [2.05, 4.69) is 10.5 Å². The number of halogens is 1. The van der Waals surface area contributed by atoms with E-state index in [1.165, 1.54) is 12.3 Å². The molecular weight excluding hydrogens is 344 g/mol. The van der Waals surface area contributed by atoms with E-state index in [4.69, 9.17) is 21.1 Å². The fourth-order valence-corrected chi connectivity index (χ4v) is 2.07. The average molecular weight is 363 g/mol. The molecule has 2 aromatic carbocycles. The van der Waals surface area contributed by atoms with Gasteiger partial charge in [-0.05, 0) is 61.4 Å². The van der Waals surface area contributed by atoms with Crippen LogP contribution in [0.25, 0.3) is 0 Å². The Morgan fingerprint density at radius 3 is 2.80 bits per heavy atom. The van der Waals surface area contributed by atoms with E-state index in [0.29, 0.717) is 28.7 Å². The molecule has 0 unspecified atom stereocenters. The summed E-state index contributed by atoms with van der Waals surface area (Å²) in [5.41, 5.74) is 3.92. The lowest BCUT2D eigenvalue weighted by Gasteiger charge is -2.07. The van der Waals surface area contributed by atoms with Gasteiger partial charge in [0.25, 0.3) is 5.91 Å². The van der Waals surface area contributed by atoms with Crippen LogP contribution in [0.4, 0.5) is 0 Å². The van der Waals surface area contributed by atoms with E-state index in [9.17, 15) is 9.90 Å². The van der Waals surface area contributed by atoms with Crippen molar-refractivity contribution < 1.29 is 19.4 Å². The molecule has 0 saturated heterocycles. The van der Waals surface area contributed by atoms with Crippen molar-refractivity contribution in [3.63, 3.8) is 0 Å². The van der Waals surface area contributed by atoms with Crippen molar-refractivity contribution >= 4 is 23.7 Å². The Morgan fingerprint density at radius 2 is 2.08 bits per heavy atom. The molecule has 2 aromatic rings. The van der Waals surface area contributed by atoms with Crippen molar-refractivity contribution in [1.82, 2.24) is 5.43 Å². The minimum atomic E-state index is -0.396. The van der Waals surface area contributed by atoms with Gasteiger partial charge in [0.15, 0.2) is 18.1 Å². The van der Waals surface area contributed by atoms with Crippen molar-refractivity contribution in [2.24, 2.45) is 5.10 Å². The van der Waals surface area contributed by atoms with Gasteiger partial charge in [-0.15, -0.1) is 0 Å². The third-order valence-electron chi connectivity index (χ3n) is 3.19. The Bertz CT molecular complexity index is 778. The maximum Gasteiger partial charge on any atom is 0.277 e. The van der Waals surface area contributed by atoms with Crippen LogP contribution in [0.1, 0.15) is 18.1 Å². The number of hydrazone groups is 1. The normalized spacial score (nSPS) is 10.7. The quantitative estimate of drug-likeness (QED) is 0.585. The van der Waals surface area contributed by atoms with Gasteiger partial charge in [-0.25, -0.2) is 5.43 Å². The van der Waals surface area contributed by atoms with E-state index < -0.39 is 5.91 Å². The van der Waals surface area contributed by atoms with Crippen LogP contribution in [0.3, 0.4) is 0 Å². The van der Waals surface area contributed by atoms with Crippen molar-refractivity contribution in [2.45, 2.75) is 13.8 Å². The number of phenolic OH excluding ortho intramolecular Hbond substituents is 1. The number of carbonyl (C=O) groups is 1. The maximum absolute atomic E-state index is 11.7. The van der Waals surface area contributed by atoms with Gasteiger partial charge in [0, 0.05) is 5.02 Å².